The maximum Gasteiger partial charge on any atom is 0.127 e. The smallest absolute Gasteiger partial charge is 0.127 e. The van der Waals surface area contributed by atoms with Crippen LogP contribution in [0, 0.1) is 0 Å². The van der Waals surface area contributed by atoms with Crippen LogP contribution < -0.4 is 14.8 Å². The van der Waals surface area contributed by atoms with Crippen LogP contribution in [0.2, 0.25) is 0 Å². The molecule has 1 unspecified atom stereocenters. The molecule has 0 spiro atoms. The van der Waals surface area contributed by atoms with E-state index in [-0.39, 0.29) is 0 Å². The van der Waals surface area contributed by atoms with Crippen molar-refractivity contribution < 1.29 is 9.47 Å². The summed E-state index contributed by atoms with van der Waals surface area (Å²) in [5, 5.41) is 3.46. The van der Waals surface area contributed by atoms with Gasteiger partial charge in [0.2, 0.25) is 0 Å². The Balaban J connectivity index is 1.82. The second kappa shape index (κ2) is 8.85. The molecule has 1 aromatic carbocycles. The van der Waals surface area contributed by atoms with Gasteiger partial charge in [-0.2, -0.15) is 0 Å². The predicted molar refractivity (Wildman–Crippen MR) is 101 cm³/mol. The first-order valence-electron chi connectivity index (χ1n) is 9.29. The molecule has 140 valence electrons. The quantitative estimate of drug-likeness (QED) is 0.824. The highest BCUT2D eigenvalue weighted by atomic mass is 16.5. The third-order valence-electron chi connectivity index (χ3n) is 5.42. The van der Waals surface area contributed by atoms with Crippen LogP contribution in [0.5, 0.6) is 11.5 Å². The Kier molecular flexibility index (Phi) is 6.53. The van der Waals surface area contributed by atoms with Crippen LogP contribution in [0.1, 0.15) is 11.6 Å². The monoisotopic (exact) mass is 348 g/mol. The highest BCUT2D eigenvalue weighted by molar-refractivity contribution is 5.42. The topological polar surface area (TPSA) is 40.2 Å². The van der Waals surface area contributed by atoms with Gasteiger partial charge in [-0.3, -0.25) is 9.80 Å². The molecule has 0 saturated carbocycles. The van der Waals surface area contributed by atoms with E-state index in [9.17, 15) is 0 Å². The fourth-order valence-electron chi connectivity index (χ4n) is 3.77. The second-order valence-corrected chi connectivity index (χ2v) is 7.01. The Labute approximate surface area is 151 Å². The zero-order chi connectivity index (χ0) is 17.6. The molecule has 1 N–H and O–H groups in total. The molecular weight excluding hydrogens is 316 g/mol. The summed E-state index contributed by atoms with van der Waals surface area (Å²) in [6.45, 7) is 9.88. The average Bonchev–Trinajstić information content (AvgIpc) is 2.68. The maximum atomic E-state index is 5.72. The van der Waals surface area contributed by atoms with Crippen LogP contribution in [-0.4, -0.2) is 94.9 Å². The lowest BCUT2D eigenvalue weighted by atomic mass is 10.0. The fourth-order valence-corrected chi connectivity index (χ4v) is 3.77. The summed E-state index contributed by atoms with van der Waals surface area (Å²) in [6, 6.07) is 6.60. The van der Waals surface area contributed by atoms with Crippen molar-refractivity contribution in [2.75, 3.05) is 80.2 Å². The van der Waals surface area contributed by atoms with Gasteiger partial charge in [-0.05, 0) is 13.1 Å². The van der Waals surface area contributed by atoms with Gasteiger partial charge in [0.25, 0.3) is 0 Å². The zero-order valence-corrected chi connectivity index (χ0v) is 15.8. The molecule has 6 nitrogen and oxygen atoms in total. The number of hydrogen-bond acceptors (Lipinski definition) is 6. The van der Waals surface area contributed by atoms with E-state index in [4.69, 9.17) is 9.47 Å². The molecule has 2 heterocycles. The van der Waals surface area contributed by atoms with Gasteiger partial charge in [0.15, 0.2) is 0 Å². The van der Waals surface area contributed by atoms with Crippen LogP contribution in [-0.2, 0) is 0 Å². The largest absolute Gasteiger partial charge is 0.497 e. The van der Waals surface area contributed by atoms with Gasteiger partial charge < -0.3 is 19.7 Å². The minimum atomic E-state index is 0.353. The van der Waals surface area contributed by atoms with Gasteiger partial charge in [-0.15, -0.1) is 0 Å². The van der Waals surface area contributed by atoms with Gasteiger partial charge in [-0.1, -0.05) is 6.07 Å². The summed E-state index contributed by atoms with van der Waals surface area (Å²) in [7, 11) is 5.66. The standard InChI is InChI=1S/C19H32N4O2/c1-21-10-12-22(13-11-21)15-18(23-8-6-20-7-9-23)17-5-4-16(24-2)14-19(17)25-3/h4-5,14,18,20H,6-13,15H2,1-3H3. The predicted octanol–water partition coefficient (Wildman–Crippen LogP) is 0.898. The van der Waals surface area contributed by atoms with Gasteiger partial charge in [0, 0.05) is 70.5 Å². The van der Waals surface area contributed by atoms with E-state index in [1.165, 1.54) is 5.56 Å². The molecule has 0 radical (unpaired) electrons. The Hall–Kier alpha value is -1.34. The van der Waals surface area contributed by atoms with Gasteiger partial charge in [0.1, 0.15) is 11.5 Å². The van der Waals surface area contributed by atoms with Crippen molar-refractivity contribution in [2.45, 2.75) is 6.04 Å². The van der Waals surface area contributed by atoms with E-state index in [2.05, 4.69) is 39.2 Å². The molecule has 0 aromatic heterocycles. The molecule has 2 aliphatic heterocycles. The molecule has 2 fully saturated rings. The van der Waals surface area contributed by atoms with Crippen molar-refractivity contribution in [3.05, 3.63) is 23.8 Å². The van der Waals surface area contributed by atoms with Crippen molar-refractivity contribution in [3.63, 3.8) is 0 Å². The third-order valence-corrected chi connectivity index (χ3v) is 5.42. The minimum absolute atomic E-state index is 0.353. The molecule has 0 amide bonds. The normalized spacial score (nSPS) is 21.9. The van der Waals surface area contributed by atoms with Crippen molar-refractivity contribution in [1.82, 2.24) is 20.0 Å². The number of ether oxygens (including phenoxy) is 2. The van der Waals surface area contributed by atoms with Gasteiger partial charge in [-0.25, -0.2) is 0 Å². The van der Waals surface area contributed by atoms with E-state index in [1.807, 2.05) is 6.07 Å². The Bertz CT molecular complexity index is 540. The summed E-state index contributed by atoms with van der Waals surface area (Å²) in [5.74, 6) is 1.77. The van der Waals surface area contributed by atoms with E-state index in [1.54, 1.807) is 14.2 Å². The molecule has 6 heteroatoms. The van der Waals surface area contributed by atoms with Crippen molar-refractivity contribution in [3.8, 4) is 11.5 Å². The molecule has 1 aromatic rings. The molecule has 2 aliphatic rings. The van der Waals surface area contributed by atoms with E-state index in [0.717, 1.165) is 70.4 Å². The van der Waals surface area contributed by atoms with Crippen molar-refractivity contribution in [1.29, 1.82) is 0 Å². The molecule has 2 saturated heterocycles. The summed E-state index contributed by atoms with van der Waals surface area (Å²) >= 11 is 0. The lowest BCUT2D eigenvalue weighted by molar-refractivity contribution is 0.0911. The van der Waals surface area contributed by atoms with Crippen molar-refractivity contribution in [2.24, 2.45) is 0 Å². The Morgan fingerprint density at radius 1 is 1.00 bits per heavy atom. The maximum absolute atomic E-state index is 5.72. The molecule has 1 atom stereocenters. The first-order chi connectivity index (χ1) is 12.2. The molecular formula is C19H32N4O2. The lowest BCUT2D eigenvalue weighted by Gasteiger charge is -2.40. The SMILES string of the molecule is COc1ccc(C(CN2CCN(C)CC2)N2CCNCC2)c(OC)c1. The number of hydrogen-bond donors (Lipinski definition) is 1. The van der Waals surface area contributed by atoms with E-state index in [0.29, 0.717) is 6.04 Å². The number of nitrogens with zero attached hydrogens (tertiary/aromatic N) is 3. The highest BCUT2D eigenvalue weighted by Crippen LogP contribution is 2.33. The summed E-state index contributed by atoms with van der Waals surface area (Å²) < 4.78 is 11.1. The van der Waals surface area contributed by atoms with Crippen LogP contribution >= 0.6 is 0 Å². The van der Waals surface area contributed by atoms with Crippen LogP contribution in [0.3, 0.4) is 0 Å². The molecule has 3 rings (SSSR count). The van der Waals surface area contributed by atoms with E-state index >= 15 is 0 Å². The van der Waals surface area contributed by atoms with Crippen LogP contribution in [0.15, 0.2) is 18.2 Å². The fraction of sp³-hybridized carbons (Fsp3) is 0.684. The van der Waals surface area contributed by atoms with Gasteiger partial charge in [0.05, 0.1) is 20.3 Å². The summed E-state index contributed by atoms with van der Waals surface area (Å²) in [5.41, 5.74) is 1.27. The minimum Gasteiger partial charge on any atom is -0.497 e. The highest BCUT2D eigenvalue weighted by Gasteiger charge is 2.28. The van der Waals surface area contributed by atoms with Crippen LogP contribution in [0.25, 0.3) is 0 Å². The number of benzene rings is 1. The van der Waals surface area contributed by atoms with E-state index < -0.39 is 0 Å². The van der Waals surface area contributed by atoms with Gasteiger partial charge >= 0.3 is 0 Å². The number of likely N-dealkylation sites (N-methyl/N-ethyl adjacent to an activating group) is 1. The van der Waals surface area contributed by atoms with Crippen molar-refractivity contribution >= 4 is 0 Å². The number of methoxy groups -OCH3 is 2. The number of rotatable bonds is 6. The Morgan fingerprint density at radius 2 is 1.72 bits per heavy atom. The number of piperazine rings is 2. The molecule has 25 heavy (non-hydrogen) atoms. The Morgan fingerprint density at radius 3 is 2.36 bits per heavy atom. The first kappa shape index (κ1) is 18.5. The average molecular weight is 348 g/mol. The second-order valence-electron chi connectivity index (χ2n) is 7.01. The molecule has 0 bridgehead atoms. The van der Waals surface area contributed by atoms with Crippen LogP contribution in [0.4, 0.5) is 0 Å². The first-order valence-corrected chi connectivity index (χ1v) is 9.29. The lowest BCUT2D eigenvalue weighted by Crippen LogP contribution is -2.51. The third kappa shape index (κ3) is 4.64. The molecule has 0 aliphatic carbocycles. The number of nitrogens with one attached hydrogen (secondary N) is 1. The zero-order valence-electron chi connectivity index (χ0n) is 15.8. The summed E-state index contributed by atoms with van der Waals surface area (Å²) in [6.07, 6.45) is 0. The summed E-state index contributed by atoms with van der Waals surface area (Å²) in [4.78, 5) is 7.60.